The molecule has 0 amide bonds. The zero-order valence-electron chi connectivity index (χ0n) is 7.46. The first-order chi connectivity index (χ1) is 5.97. The first-order valence-corrected chi connectivity index (χ1v) is 3.44. The Kier molecular flexibility index (Phi) is 4.43. The Morgan fingerprint density at radius 1 is 1.31 bits per heavy atom. The van der Waals surface area contributed by atoms with E-state index in [-0.39, 0.29) is 12.2 Å². The number of hydrogen-bond donors (Lipinski definition) is 0. The van der Waals surface area contributed by atoms with Crippen LogP contribution in [0.2, 0.25) is 0 Å². The summed E-state index contributed by atoms with van der Waals surface area (Å²) in [5, 5.41) is 0. The predicted molar refractivity (Wildman–Crippen MR) is 42.5 cm³/mol. The Morgan fingerprint density at radius 3 is 2.23 bits per heavy atom. The first kappa shape index (κ1) is 11.4. The van der Waals surface area contributed by atoms with Gasteiger partial charge in [0.15, 0.2) is 0 Å². The summed E-state index contributed by atoms with van der Waals surface area (Å²) in [4.78, 5) is 31.9. The summed E-state index contributed by atoms with van der Waals surface area (Å²) in [6, 6.07) is 0. The van der Waals surface area contributed by atoms with Crippen molar-refractivity contribution in [1.82, 2.24) is 0 Å². The number of Topliss-reactive ketones (excluding diaryl/α,β-unsaturated/α-hetero) is 1. The molecule has 0 heterocycles. The molecule has 0 atom stereocenters. The Balaban J connectivity index is 3.99. The monoisotopic (exact) mass is 186 g/mol. The quantitative estimate of drug-likeness (QED) is 0.271. The number of ketones is 1. The number of ether oxygens (including phenoxy) is 2. The van der Waals surface area contributed by atoms with Crippen LogP contribution in [-0.2, 0) is 23.9 Å². The van der Waals surface area contributed by atoms with E-state index in [9.17, 15) is 14.4 Å². The van der Waals surface area contributed by atoms with Gasteiger partial charge in [0.1, 0.15) is 12.2 Å². The molecule has 0 aromatic rings. The van der Waals surface area contributed by atoms with Gasteiger partial charge in [-0.2, -0.15) is 0 Å². The molecule has 0 aliphatic heterocycles. The van der Waals surface area contributed by atoms with E-state index >= 15 is 0 Å². The van der Waals surface area contributed by atoms with Crippen LogP contribution in [0.5, 0.6) is 0 Å². The highest BCUT2D eigenvalue weighted by Gasteiger charge is 2.14. The molecule has 0 aromatic carbocycles. The van der Waals surface area contributed by atoms with E-state index in [1.807, 2.05) is 0 Å². The molecule has 0 spiro atoms. The van der Waals surface area contributed by atoms with Crippen molar-refractivity contribution in [3.8, 4) is 0 Å². The highest BCUT2D eigenvalue weighted by Crippen LogP contribution is 1.99. The standard InChI is InChI=1S/C8H10O5/c1-5(9)4-7(10)13-6(2)8(11)12-3/h2,4H2,1,3H3. The van der Waals surface area contributed by atoms with Gasteiger partial charge >= 0.3 is 11.9 Å². The van der Waals surface area contributed by atoms with Crippen LogP contribution in [0.25, 0.3) is 0 Å². The SMILES string of the molecule is C=C(OC(=O)CC(C)=O)C(=O)OC. The molecule has 72 valence electrons. The molecule has 0 rings (SSSR count). The van der Waals surface area contributed by atoms with Crippen LogP contribution in [0, 0.1) is 0 Å². The van der Waals surface area contributed by atoms with Gasteiger partial charge in [-0.05, 0) is 13.5 Å². The molecule has 5 nitrogen and oxygen atoms in total. The zero-order chi connectivity index (χ0) is 10.4. The molecule has 0 saturated heterocycles. The van der Waals surface area contributed by atoms with Gasteiger partial charge in [0, 0.05) is 0 Å². The first-order valence-electron chi connectivity index (χ1n) is 3.44. The van der Waals surface area contributed by atoms with Gasteiger partial charge in [0.05, 0.1) is 7.11 Å². The van der Waals surface area contributed by atoms with Crippen LogP contribution in [-0.4, -0.2) is 24.8 Å². The third-order valence-electron chi connectivity index (χ3n) is 1.04. The summed E-state index contributed by atoms with van der Waals surface area (Å²) in [5.74, 6) is -2.42. The van der Waals surface area contributed by atoms with Crippen LogP contribution in [0.15, 0.2) is 12.3 Å². The van der Waals surface area contributed by atoms with Gasteiger partial charge in [-0.25, -0.2) is 4.79 Å². The van der Waals surface area contributed by atoms with Crippen molar-refractivity contribution < 1.29 is 23.9 Å². The fraction of sp³-hybridized carbons (Fsp3) is 0.375. The van der Waals surface area contributed by atoms with Crippen LogP contribution in [0.4, 0.5) is 0 Å². The summed E-state index contributed by atoms with van der Waals surface area (Å²) in [6.07, 6.45) is -0.379. The van der Waals surface area contributed by atoms with E-state index in [0.29, 0.717) is 0 Å². The lowest BCUT2D eigenvalue weighted by molar-refractivity contribution is -0.150. The van der Waals surface area contributed by atoms with Crippen molar-refractivity contribution >= 4 is 17.7 Å². The molecule has 0 N–H and O–H groups in total. The lowest BCUT2D eigenvalue weighted by atomic mass is 10.3. The lowest BCUT2D eigenvalue weighted by Crippen LogP contribution is -2.14. The highest BCUT2D eigenvalue weighted by molar-refractivity contribution is 5.96. The van der Waals surface area contributed by atoms with E-state index in [1.165, 1.54) is 6.92 Å². The number of esters is 2. The summed E-state index contributed by atoms with van der Waals surface area (Å²) in [5.41, 5.74) is 0. The molecule has 5 heteroatoms. The van der Waals surface area contributed by atoms with Crippen LogP contribution >= 0.6 is 0 Å². The van der Waals surface area contributed by atoms with E-state index in [0.717, 1.165) is 7.11 Å². The van der Waals surface area contributed by atoms with E-state index < -0.39 is 17.7 Å². The number of rotatable bonds is 4. The van der Waals surface area contributed by atoms with Gasteiger partial charge in [-0.3, -0.25) is 9.59 Å². The average Bonchev–Trinajstić information content (AvgIpc) is 2.01. The second kappa shape index (κ2) is 5.08. The van der Waals surface area contributed by atoms with E-state index in [1.54, 1.807) is 0 Å². The Bertz CT molecular complexity index is 253. The Morgan fingerprint density at radius 2 is 1.85 bits per heavy atom. The summed E-state index contributed by atoms with van der Waals surface area (Å²) in [6.45, 7) is 4.38. The van der Waals surface area contributed by atoms with Crippen LogP contribution < -0.4 is 0 Å². The van der Waals surface area contributed by atoms with Crippen LogP contribution in [0.1, 0.15) is 13.3 Å². The second-order valence-corrected chi connectivity index (χ2v) is 2.27. The maximum Gasteiger partial charge on any atom is 0.373 e. The molecule has 0 radical (unpaired) electrons. The maximum absolute atomic E-state index is 10.8. The molecule has 0 unspecified atom stereocenters. The second-order valence-electron chi connectivity index (χ2n) is 2.27. The average molecular weight is 186 g/mol. The third kappa shape index (κ3) is 4.73. The third-order valence-corrected chi connectivity index (χ3v) is 1.04. The zero-order valence-corrected chi connectivity index (χ0v) is 7.46. The van der Waals surface area contributed by atoms with Crippen molar-refractivity contribution in [2.45, 2.75) is 13.3 Å². The minimum absolute atomic E-state index is 0.345. The molecule has 0 bridgehead atoms. The molecular formula is C8H10O5. The lowest BCUT2D eigenvalue weighted by Gasteiger charge is -2.03. The fourth-order valence-corrected chi connectivity index (χ4v) is 0.532. The number of carbonyl (C=O) groups is 3. The Hall–Kier alpha value is -1.65. The fourth-order valence-electron chi connectivity index (χ4n) is 0.532. The van der Waals surface area contributed by atoms with Gasteiger partial charge in [0.25, 0.3) is 0 Å². The molecule has 0 fully saturated rings. The molecule has 0 saturated carbocycles. The Labute approximate surface area is 75.3 Å². The van der Waals surface area contributed by atoms with Crippen molar-refractivity contribution in [1.29, 1.82) is 0 Å². The van der Waals surface area contributed by atoms with Crippen LogP contribution in [0.3, 0.4) is 0 Å². The minimum atomic E-state index is -0.836. The molecule has 0 aliphatic rings. The normalized spacial score (nSPS) is 8.77. The van der Waals surface area contributed by atoms with Crippen molar-refractivity contribution in [2.75, 3.05) is 7.11 Å². The van der Waals surface area contributed by atoms with E-state index in [2.05, 4.69) is 16.1 Å². The largest absolute Gasteiger partial charge is 0.463 e. The molecule has 13 heavy (non-hydrogen) atoms. The van der Waals surface area contributed by atoms with Crippen molar-refractivity contribution in [3.05, 3.63) is 12.3 Å². The van der Waals surface area contributed by atoms with Crippen molar-refractivity contribution in [3.63, 3.8) is 0 Å². The van der Waals surface area contributed by atoms with Gasteiger partial charge in [0.2, 0.25) is 5.76 Å². The van der Waals surface area contributed by atoms with E-state index in [4.69, 9.17) is 0 Å². The number of hydrogen-bond acceptors (Lipinski definition) is 5. The summed E-state index contributed by atoms with van der Waals surface area (Å²) < 4.78 is 8.60. The minimum Gasteiger partial charge on any atom is -0.463 e. The van der Waals surface area contributed by atoms with Gasteiger partial charge in [-0.1, -0.05) is 0 Å². The summed E-state index contributed by atoms with van der Waals surface area (Å²) in [7, 11) is 1.13. The summed E-state index contributed by atoms with van der Waals surface area (Å²) >= 11 is 0. The molecule has 0 aromatic heterocycles. The highest BCUT2D eigenvalue weighted by atomic mass is 16.6. The van der Waals surface area contributed by atoms with Gasteiger partial charge < -0.3 is 9.47 Å². The smallest absolute Gasteiger partial charge is 0.373 e. The topological polar surface area (TPSA) is 69.7 Å². The molecular weight excluding hydrogens is 176 g/mol. The van der Waals surface area contributed by atoms with Gasteiger partial charge in [-0.15, -0.1) is 0 Å². The number of methoxy groups -OCH3 is 1. The van der Waals surface area contributed by atoms with Crippen molar-refractivity contribution in [2.24, 2.45) is 0 Å². The molecule has 0 aliphatic carbocycles. The number of carbonyl (C=O) groups excluding carboxylic acids is 3. The predicted octanol–water partition coefficient (Wildman–Crippen LogP) is 0.195. The maximum atomic E-state index is 10.8.